The van der Waals surface area contributed by atoms with Gasteiger partial charge in [-0.15, -0.1) is 0 Å². The van der Waals surface area contributed by atoms with Crippen LogP contribution in [-0.2, 0) is 4.74 Å². The number of rotatable bonds is 4. The highest BCUT2D eigenvalue weighted by Gasteiger charge is 2.16. The van der Waals surface area contributed by atoms with E-state index in [0.717, 1.165) is 16.9 Å². The van der Waals surface area contributed by atoms with Gasteiger partial charge in [-0.1, -0.05) is 29.0 Å². The monoisotopic (exact) mass is 346 g/mol. The SMILES string of the molecule is CCOC(=O)c1sc(/N=C(\N)NC(=O)c2ccc(C)cc2)nc1C. The fraction of sp³-hybridized carbons (Fsp3) is 0.250. The Bertz CT molecular complexity index is 781. The molecule has 0 aliphatic heterocycles. The molecule has 0 spiro atoms. The van der Waals surface area contributed by atoms with Crippen molar-refractivity contribution >= 4 is 34.3 Å². The van der Waals surface area contributed by atoms with E-state index in [4.69, 9.17) is 10.5 Å². The first-order chi connectivity index (χ1) is 11.4. The van der Waals surface area contributed by atoms with Crippen molar-refractivity contribution < 1.29 is 14.3 Å². The minimum Gasteiger partial charge on any atom is -0.462 e. The molecule has 2 rings (SSSR count). The third-order valence-electron chi connectivity index (χ3n) is 3.02. The van der Waals surface area contributed by atoms with E-state index in [1.807, 2.05) is 19.1 Å². The highest BCUT2D eigenvalue weighted by Crippen LogP contribution is 2.25. The average Bonchev–Trinajstić information content (AvgIpc) is 2.88. The number of esters is 1. The summed E-state index contributed by atoms with van der Waals surface area (Å²) in [5.41, 5.74) is 7.77. The van der Waals surface area contributed by atoms with E-state index >= 15 is 0 Å². The number of hydrogen-bond donors (Lipinski definition) is 2. The van der Waals surface area contributed by atoms with Gasteiger partial charge in [0.15, 0.2) is 0 Å². The van der Waals surface area contributed by atoms with Gasteiger partial charge in [0, 0.05) is 5.56 Å². The molecule has 0 atom stereocenters. The highest BCUT2D eigenvalue weighted by molar-refractivity contribution is 7.17. The second kappa shape index (κ2) is 7.69. The molecule has 2 aromatic rings. The van der Waals surface area contributed by atoms with E-state index in [1.165, 1.54) is 0 Å². The van der Waals surface area contributed by atoms with E-state index in [0.29, 0.717) is 16.1 Å². The standard InChI is InChI=1S/C16H18N4O3S/c1-4-23-14(22)12-10(3)18-16(24-12)20-15(17)19-13(21)11-7-5-9(2)6-8-11/h5-8H,4H2,1-3H3,(H3,17,18,19,20,21). The number of aliphatic imine (C=N–C) groups is 1. The maximum atomic E-state index is 12.1. The second-order valence-corrected chi connectivity index (χ2v) is 5.93. The molecule has 7 nitrogen and oxygen atoms in total. The number of nitrogens with two attached hydrogens (primary N) is 1. The Morgan fingerprint density at radius 3 is 2.58 bits per heavy atom. The molecule has 1 heterocycles. The zero-order valence-corrected chi connectivity index (χ0v) is 14.4. The van der Waals surface area contributed by atoms with Crippen LogP contribution in [-0.4, -0.2) is 29.4 Å². The minimum absolute atomic E-state index is 0.0928. The molecule has 0 fully saturated rings. The maximum Gasteiger partial charge on any atom is 0.350 e. The lowest BCUT2D eigenvalue weighted by Crippen LogP contribution is -2.36. The fourth-order valence-electron chi connectivity index (χ4n) is 1.84. The summed E-state index contributed by atoms with van der Waals surface area (Å²) in [6.45, 7) is 5.63. The number of nitrogens with zero attached hydrogens (tertiary/aromatic N) is 2. The summed E-state index contributed by atoms with van der Waals surface area (Å²) in [6, 6.07) is 7.06. The number of benzene rings is 1. The van der Waals surface area contributed by atoms with Gasteiger partial charge in [0.25, 0.3) is 5.91 Å². The molecule has 0 aliphatic rings. The van der Waals surface area contributed by atoms with Crippen LogP contribution >= 0.6 is 11.3 Å². The van der Waals surface area contributed by atoms with Gasteiger partial charge < -0.3 is 10.5 Å². The lowest BCUT2D eigenvalue weighted by molar-refractivity contribution is 0.0531. The number of aromatic nitrogens is 1. The number of aryl methyl sites for hydroxylation is 2. The van der Waals surface area contributed by atoms with Crippen LogP contribution in [0.3, 0.4) is 0 Å². The summed E-state index contributed by atoms with van der Waals surface area (Å²) in [5.74, 6) is -0.906. The Morgan fingerprint density at radius 1 is 1.29 bits per heavy atom. The number of nitrogens with one attached hydrogen (secondary N) is 1. The molecule has 126 valence electrons. The smallest absolute Gasteiger partial charge is 0.350 e. The van der Waals surface area contributed by atoms with Crippen LogP contribution in [0.15, 0.2) is 29.3 Å². The summed E-state index contributed by atoms with van der Waals surface area (Å²) in [5, 5.41) is 2.76. The normalized spacial score (nSPS) is 11.2. The van der Waals surface area contributed by atoms with Crippen molar-refractivity contribution in [3.05, 3.63) is 46.0 Å². The minimum atomic E-state index is -0.448. The lowest BCUT2D eigenvalue weighted by atomic mass is 10.1. The molecule has 3 N–H and O–H groups in total. The predicted molar refractivity (Wildman–Crippen MR) is 92.7 cm³/mol. The molecule has 0 aliphatic carbocycles. The number of carbonyl (C=O) groups is 2. The maximum absolute atomic E-state index is 12.1. The summed E-state index contributed by atoms with van der Waals surface area (Å²) in [4.78, 5) is 32.4. The number of carbonyl (C=O) groups excluding carboxylic acids is 2. The molecule has 0 saturated carbocycles. The van der Waals surface area contributed by atoms with Gasteiger partial charge in [-0.3, -0.25) is 10.1 Å². The Labute approximate surface area is 143 Å². The van der Waals surface area contributed by atoms with Crippen LogP contribution in [0, 0.1) is 13.8 Å². The van der Waals surface area contributed by atoms with Crippen molar-refractivity contribution in [3.8, 4) is 0 Å². The van der Waals surface area contributed by atoms with Gasteiger partial charge in [0.2, 0.25) is 11.1 Å². The Morgan fingerprint density at radius 2 is 1.96 bits per heavy atom. The van der Waals surface area contributed by atoms with Gasteiger partial charge in [-0.25, -0.2) is 9.78 Å². The number of ether oxygens (including phenoxy) is 1. The topological polar surface area (TPSA) is 107 Å². The van der Waals surface area contributed by atoms with E-state index < -0.39 is 5.97 Å². The first kappa shape index (κ1) is 17.6. The Balaban J connectivity index is 2.10. The largest absolute Gasteiger partial charge is 0.462 e. The fourth-order valence-corrected chi connectivity index (χ4v) is 2.69. The third kappa shape index (κ3) is 4.39. The van der Waals surface area contributed by atoms with E-state index in [-0.39, 0.29) is 23.6 Å². The van der Waals surface area contributed by atoms with Crippen LogP contribution in [0.2, 0.25) is 0 Å². The zero-order chi connectivity index (χ0) is 17.7. The molecule has 0 saturated heterocycles. The molecular weight excluding hydrogens is 328 g/mol. The molecule has 0 unspecified atom stereocenters. The van der Waals surface area contributed by atoms with Gasteiger partial charge in [0.1, 0.15) is 4.88 Å². The van der Waals surface area contributed by atoms with Gasteiger partial charge in [0.05, 0.1) is 12.3 Å². The number of guanidine groups is 1. The van der Waals surface area contributed by atoms with Crippen molar-refractivity contribution in [2.75, 3.05) is 6.61 Å². The quantitative estimate of drug-likeness (QED) is 0.502. The average molecular weight is 346 g/mol. The summed E-state index contributed by atoms with van der Waals surface area (Å²) >= 11 is 1.06. The Kier molecular flexibility index (Phi) is 5.64. The molecular formula is C16H18N4O3S. The number of thiazole rings is 1. The van der Waals surface area contributed by atoms with E-state index in [9.17, 15) is 9.59 Å². The zero-order valence-electron chi connectivity index (χ0n) is 13.6. The molecule has 0 radical (unpaired) electrons. The summed E-state index contributed by atoms with van der Waals surface area (Å²) in [7, 11) is 0. The predicted octanol–water partition coefficient (Wildman–Crippen LogP) is 2.31. The molecule has 8 heteroatoms. The van der Waals surface area contributed by atoms with Crippen molar-refractivity contribution in [2.24, 2.45) is 10.7 Å². The second-order valence-electron chi connectivity index (χ2n) is 4.95. The first-order valence-electron chi connectivity index (χ1n) is 7.27. The van der Waals surface area contributed by atoms with Crippen molar-refractivity contribution in [1.29, 1.82) is 0 Å². The van der Waals surface area contributed by atoms with E-state index in [2.05, 4.69) is 15.3 Å². The van der Waals surface area contributed by atoms with Crippen molar-refractivity contribution in [3.63, 3.8) is 0 Å². The summed E-state index contributed by atoms with van der Waals surface area (Å²) in [6.07, 6.45) is 0. The van der Waals surface area contributed by atoms with Gasteiger partial charge >= 0.3 is 5.97 Å². The number of amides is 1. The molecule has 0 bridgehead atoms. The van der Waals surface area contributed by atoms with Crippen molar-refractivity contribution in [2.45, 2.75) is 20.8 Å². The van der Waals surface area contributed by atoms with Crippen LogP contribution in [0.1, 0.15) is 38.2 Å². The van der Waals surface area contributed by atoms with Crippen LogP contribution in [0.5, 0.6) is 0 Å². The lowest BCUT2D eigenvalue weighted by Gasteiger charge is -2.03. The molecule has 1 aromatic carbocycles. The van der Waals surface area contributed by atoms with Gasteiger partial charge in [-0.05, 0) is 32.9 Å². The van der Waals surface area contributed by atoms with Gasteiger partial charge in [-0.2, -0.15) is 4.99 Å². The highest BCUT2D eigenvalue weighted by atomic mass is 32.1. The van der Waals surface area contributed by atoms with Crippen LogP contribution in [0.4, 0.5) is 5.13 Å². The molecule has 1 aromatic heterocycles. The number of hydrogen-bond acceptors (Lipinski definition) is 6. The first-order valence-corrected chi connectivity index (χ1v) is 8.09. The van der Waals surface area contributed by atoms with E-state index in [1.54, 1.807) is 26.0 Å². The van der Waals surface area contributed by atoms with Crippen molar-refractivity contribution in [1.82, 2.24) is 10.3 Å². The summed E-state index contributed by atoms with van der Waals surface area (Å²) < 4.78 is 4.94. The Hall–Kier alpha value is -2.74. The molecule has 24 heavy (non-hydrogen) atoms. The van der Waals surface area contributed by atoms with Crippen LogP contribution < -0.4 is 11.1 Å². The third-order valence-corrected chi connectivity index (χ3v) is 4.05. The van der Waals surface area contributed by atoms with Crippen LogP contribution in [0.25, 0.3) is 0 Å². The molecule has 1 amide bonds.